The summed E-state index contributed by atoms with van der Waals surface area (Å²) < 4.78 is 5.70. The van der Waals surface area contributed by atoms with Gasteiger partial charge in [0, 0.05) is 23.9 Å². The van der Waals surface area contributed by atoms with E-state index in [1.54, 1.807) is 24.3 Å². The van der Waals surface area contributed by atoms with Crippen molar-refractivity contribution in [1.29, 1.82) is 0 Å². The first kappa shape index (κ1) is 20.4. The number of carbonyl (C=O) groups excluding carboxylic acids is 3. The molecule has 2 aromatic rings. The van der Waals surface area contributed by atoms with Crippen LogP contribution in [0, 0.1) is 11.8 Å². The molecule has 2 aromatic carbocycles. The molecular formula is C25H25N3O5. The molecular weight excluding hydrogens is 422 g/mol. The summed E-state index contributed by atoms with van der Waals surface area (Å²) in [5.74, 6) is -2.18. The molecule has 0 saturated carbocycles. The SMILES string of the molecule is O=C1[C@H]2[C@H](Cc3ccc(O)cc3)N[C@@]3(C(=O)Nc4ccccc43)[C@H]2C(=O)N1C[C@H]1CCCO1. The lowest BCUT2D eigenvalue weighted by molar-refractivity contribution is -0.144. The number of phenols is 1. The standard InChI is InChI=1S/C25H25N3O5/c29-15-9-7-14(8-10-15)12-19-20-21(23(31)28(22(20)30)13-16-4-3-11-33-16)25(27-19)17-5-1-2-6-18(17)26-24(25)32/h1-2,5-10,16,19-21,27,29H,3-4,11-13H2,(H,26,32)/t16-,19+,20+,21-,25-/m1/s1. The first-order chi connectivity index (χ1) is 16.0. The molecule has 8 heteroatoms. The lowest BCUT2D eigenvalue weighted by Gasteiger charge is -2.30. The van der Waals surface area contributed by atoms with Gasteiger partial charge >= 0.3 is 0 Å². The van der Waals surface area contributed by atoms with Gasteiger partial charge in [-0.25, -0.2) is 0 Å². The van der Waals surface area contributed by atoms with E-state index in [0.29, 0.717) is 24.3 Å². The number of nitrogens with zero attached hydrogens (tertiary/aromatic N) is 1. The zero-order valence-corrected chi connectivity index (χ0v) is 18.0. The van der Waals surface area contributed by atoms with Crippen LogP contribution in [-0.4, -0.2) is 53.0 Å². The van der Waals surface area contributed by atoms with E-state index in [1.807, 2.05) is 24.3 Å². The summed E-state index contributed by atoms with van der Waals surface area (Å²) in [6, 6.07) is 13.7. The van der Waals surface area contributed by atoms with Crippen molar-refractivity contribution in [1.82, 2.24) is 10.2 Å². The Kier molecular flexibility index (Phi) is 4.57. The zero-order chi connectivity index (χ0) is 22.7. The number of amides is 3. The molecule has 5 atom stereocenters. The Bertz CT molecular complexity index is 1140. The molecule has 0 unspecified atom stereocenters. The second-order valence-corrected chi connectivity index (χ2v) is 9.35. The molecule has 6 rings (SSSR count). The van der Waals surface area contributed by atoms with Crippen LogP contribution in [0.2, 0.25) is 0 Å². The van der Waals surface area contributed by atoms with Crippen molar-refractivity contribution in [3.8, 4) is 5.75 Å². The number of fused-ring (bicyclic) bond motifs is 4. The fraction of sp³-hybridized carbons (Fsp3) is 0.400. The molecule has 3 amide bonds. The van der Waals surface area contributed by atoms with Gasteiger partial charge in [-0.3, -0.25) is 24.6 Å². The van der Waals surface area contributed by atoms with E-state index in [1.165, 1.54) is 4.90 Å². The quantitative estimate of drug-likeness (QED) is 0.614. The Balaban J connectivity index is 1.42. The Labute approximate surface area is 190 Å². The maximum Gasteiger partial charge on any atom is 0.250 e. The number of hydrogen-bond donors (Lipinski definition) is 3. The molecule has 3 saturated heterocycles. The summed E-state index contributed by atoms with van der Waals surface area (Å²) >= 11 is 0. The molecule has 0 aromatic heterocycles. The van der Waals surface area contributed by atoms with Crippen LogP contribution in [0.3, 0.4) is 0 Å². The molecule has 8 nitrogen and oxygen atoms in total. The predicted octanol–water partition coefficient (Wildman–Crippen LogP) is 1.53. The summed E-state index contributed by atoms with van der Waals surface area (Å²) in [6.45, 7) is 0.869. The highest BCUT2D eigenvalue weighted by Gasteiger charge is 2.70. The van der Waals surface area contributed by atoms with Crippen molar-refractivity contribution < 1.29 is 24.2 Å². The highest BCUT2D eigenvalue weighted by atomic mass is 16.5. The minimum absolute atomic E-state index is 0.152. The van der Waals surface area contributed by atoms with Crippen LogP contribution in [0.5, 0.6) is 5.75 Å². The first-order valence-corrected chi connectivity index (χ1v) is 11.4. The van der Waals surface area contributed by atoms with Gasteiger partial charge in [-0.15, -0.1) is 0 Å². The number of likely N-dealkylation sites (tertiary alicyclic amines) is 1. The number of benzene rings is 2. The van der Waals surface area contributed by atoms with Crippen molar-refractivity contribution in [2.45, 2.75) is 36.9 Å². The van der Waals surface area contributed by atoms with Gasteiger partial charge < -0.3 is 15.2 Å². The normalized spacial score (nSPS) is 32.5. The molecule has 3 N–H and O–H groups in total. The average Bonchev–Trinajstić information content (AvgIpc) is 3.55. The smallest absolute Gasteiger partial charge is 0.250 e. The van der Waals surface area contributed by atoms with Gasteiger partial charge in [-0.1, -0.05) is 30.3 Å². The van der Waals surface area contributed by atoms with E-state index in [-0.39, 0.29) is 36.1 Å². The molecule has 170 valence electrons. The van der Waals surface area contributed by atoms with Gasteiger partial charge in [0.05, 0.1) is 24.5 Å². The van der Waals surface area contributed by atoms with Crippen LogP contribution in [-0.2, 0) is 31.1 Å². The number of nitrogens with one attached hydrogen (secondary N) is 2. The van der Waals surface area contributed by atoms with Crippen LogP contribution in [0.15, 0.2) is 48.5 Å². The zero-order valence-electron chi connectivity index (χ0n) is 18.0. The van der Waals surface area contributed by atoms with E-state index in [0.717, 1.165) is 18.4 Å². The third-order valence-corrected chi connectivity index (χ3v) is 7.52. The molecule has 1 spiro atoms. The molecule has 0 bridgehead atoms. The summed E-state index contributed by atoms with van der Waals surface area (Å²) in [4.78, 5) is 42.1. The molecule has 4 aliphatic rings. The number of aromatic hydroxyl groups is 1. The second-order valence-electron chi connectivity index (χ2n) is 9.35. The number of carbonyl (C=O) groups is 3. The van der Waals surface area contributed by atoms with Gasteiger partial charge in [-0.2, -0.15) is 0 Å². The highest BCUT2D eigenvalue weighted by molar-refractivity contribution is 6.15. The fourth-order valence-electron chi connectivity index (χ4n) is 6.05. The molecule has 0 radical (unpaired) electrons. The minimum Gasteiger partial charge on any atom is -0.508 e. The minimum atomic E-state index is -1.29. The van der Waals surface area contributed by atoms with E-state index in [9.17, 15) is 19.5 Å². The van der Waals surface area contributed by atoms with Gasteiger partial charge in [0.1, 0.15) is 11.3 Å². The Morgan fingerprint density at radius 1 is 1.06 bits per heavy atom. The van der Waals surface area contributed by atoms with E-state index in [2.05, 4.69) is 10.6 Å². The Hall–Kier alpha value is -3.23. The van der Waals surface area contributed by atoms with Crippen LogP contribution in [0.4, 0.5) is 5.69 Å². The number of ether oxygens (including phenoxy) is 1. The summed E-state index contributed by atoms with van der Waals surface area (Å²) in [7, 11) is 0. The van der Waals surface area contributed by atoms with Crippen LogP contribution < -0.4 is 10.6 Å². The fourth-order valence-corrected chi connectivity index (χ4v) is 6.05. The predicted molar refractivity (Wildman–Crippen MR) is 118 cm³/mol. The van der Waals surface area contributed by atoms with E-state index < -0.39 is 23.4 Å². The van der Waals surface area contributed by atoms with Crippen molar-refractivity contribution in [3.05, 3.63) is 59.7 Å². The monoisotopic (exact) mass is 447 g/mol. The maximum absolute atomic E-state index is 13.7. The summed E-state index contributed by atoms with van der Waals surface area (Å²) in [5.41, 5.74) is 0.988. The lowest BCUT2D eigenvalue weighted by Crippen LogP contribution is -2.54. The number of phenolic OH excluding ortho intramolecular Hbond substituents is 1. The van der Waals surface area contributed by atoms with Crippen molar-refractivity contribution in [3.63, 3.8) is 0 Å². The molecule has 4 heterocycles. The van der Waals surface area contributed by atoms with Crippen LogP contribution >= 0.6 is 0 Å². The van der Waals surface area contributed by atoms with Gasteiger partial charge in [0.25, 0.3) is 0 Å². The number of hydrogen-bond acceptors (Lipinski definition) is 6. The van der Waals surface area contributed by atoms with E-state index in [4.69, 9.17) is 4.74 Å². The van der Waals surface area contributed by atoms with Gasteiger partial charge in [0.15, 0.2) is 0 Å². The first-order valence-electron chi connectivity index (χ1n) is 11.4. The third kappa shape index (κ3) is 2.94. The van der Waals surface area contributed by atoms with Crippen LogP contribution in [0.25, 0.3) is 0 Å². The van der Waals surface area contributed by atoms with Crippen molar-refractivity contribution >= 4 is 23.4 Å². The largest absolute Gasteiger partial charge is 0.508 e. The number of anilines is 1. The topological polar surface area (TPSA) is 108 Å². The number of para-hydroxylation sites is 1. The second kappa shape index (κ2) is 7.40. The number of imide groups is 1. The average molecular weight is 447 g/mol. The molecule has 33 heavy (non-hydrogen) atoms. The summed E-state index contributed by atoms with van der Waals surface area (Å²) in [6.07, 6.45) is 2.03. The number of rotatable bonds is 4. The van der Waals surface area contributed by atoms with Gasteiger partial charge in [-0.05, 0) is 43.0 Å². The van der Waals surface area contributed by atoms with E-state index >= 15 is 0 Å². The molecule has 3 fully saturated rings. The highest BCUT2D eigenvalue weighted by Crippen LogP contribution is 2.53. The molecule has 4 aliphatic heterocycles. The van der Waals surface area contributed by atoms with Crippen LogP contribution in [0.1, 0.15) is 24.0 Å². The third-order valence-electron chi connectivity index (χ3n) is 7.52. The molecule has 0 aliphatic carbocycles. The summed E-state index contributed by atoms with van der Waals surface area (Å²) in [5, 5.41) is 16.0. The lowest BCUT2D eigenvalue weighted by atomic mass is 9.76. The van der Waals surface area contributed by atoms with Crippen molar-refractivity contribution in [2.75, 3.05) is 18.5 Å². The van der Waals surface area contributed by atoms with Crippen molar-refractivity contribution in [2.24, 2.45) is 11.8 Å². The maximum atomic E-state index is 13.7. The Morgan fingerprint density at radius 3 is 2.61 bits per heavy atom. The van der Waals surface area contributed by atoms with Gasteiger partial charge in [0.2, 0.25) is 17.7 Å². The Morgan fingerprint density at radius 2 is 1.85 bits per heavy atom.